The zero-order valence-corrected chi connectivity index (χ0v) is 19.0. The molecule has 0 aliphatic carbocycles. The number of carbonyl (C=O) groups is 2. The summed E-state index contributed by atoms with van der Waals surface area (Å²) in [4.78, 5) is 26.6. The summed E-state index contributed by atoms with van der Waals surface area (Å²) >= 11 is 0. The van der Waals surface area contributed by atoms with Crippen LogP contribution >= 0.6 is 0 Å². The normalized spacial score (nSPS) is 16.3. The summed E-state index contributed by atoms with van der Waals surface area (Å²) in [5.41, 5.74) is 3.07. The van der Waals surface area contributed by atoms with E-state index in [1.165, 1.54) is 0 Å². The number of carbonyl (C=O) groups excluding carboxylic acids is 2. The number of aromatic nitrogens is 2. The van der Waals surface area contributed by atoms with Gasteiger partial charge in [-0.3, -0.25) is 9.89 Å². The van der Waals surface area contributed by atoms with Gasteiger partial charge in [-0.2, -0.15) is 5.10 Å². The Kier molecular flexibility index (Phi) is 6.46. The summed E-state index contributed by atoms with van der Waals surface area (Å²) in [6.07, 6.45) is -0.593. The maximum atomic E-state index is 12.6. The highest BCUT2D eigenvalue weighted by molar-refractivity contribution is 6.03. The van der Waals surface area contributed by atoms with Crippen LogP contribution in [0.5, 0.6) is 0 Å². The van der Waals surface area contributed by atoms with Crippen LogP contribution in [-0.2, 0) is 9.47 Å². The first-order chi connectivity index (χ1) is 15.8. The van der Waals surface area contributed by atoms with Crippen LogP contribution in [0.3, 0.4) is 0 Å². The Morgan fingerprint density at radius 1 is 1.12 bits per heavy atom. The van der Waals surface area contributed by atoms with Crippen LogP contribution in [0.25, 0.3) is 11.3 Å². The van der Waals surface area contributed by atoms with E-state index in [-0.39, 0.29) is 18.1 Å². The molecule has 3 aromatic rings. The fourth-order valence-electron chi connectivity index (χ4n) is 3.52. The first-order valence-electron chi connectivity index (χ1n) is 10.9. The van der Waals surface area contributed by atoms with Gasteiger partial charge < -0.3 is 19.7 Å². The Labute approximate surface area is 192 Å². The van der Waals surface area contributed by atoms with Gasteiger partial charge in [0, 0.05) is 12.2 Å². The SMILES string of the molecule is CC(C)(C)OC(=O)N1CCO[C@@H](c2ccc(NC(=O)c3cc(-c4ccccc4)[nH]n3)cc2)C1. The van der Waals surface area contributed by atoms with Crippen LogP contribution in [0.2, 0.25) is 0 Å². The molecule has 0 saturated carbocycles. The first-order valence-corrected chi connectivity index (χ1v) is 10.9. The lowest BCUT2D eigenvalue weighted by atomic mass is 10.1. The molecule has 2 amide bonds. The van der Waals surface area contributed by atoms with Crippen molar-refractivity contribution in [1.29, 1.82) is 0 Å². The third kappa shape index (κ3) is 5.78. The maximum absolute atomic E-state index is 12.6. The third-order valence-electron chi connectivity index (χ3n) is 5.15. The van der Waals surface area contributed by atoms with E-state index < -0.39 is 5.60 Å². The molecular formula is C25H28N4O4. The molecule has 4 rings (SSSR count). The van der Waals surface area contributed by atoms with Crippen molar-refractivity contribution >= 4 is 17.7 Å². The number of anilines is 1. The van der Waals surface area contributed by atoms with Crippen molar-refractivity contribution in [3.8, 4) is 11.3 Å². The van der Waals surface area contributed by atoms with Gasteiger partial charge in [-0.25, -0.2) is 4.79 Å². The van der Waals surface area contributed by atoms with Gasteiger partial charge in [0.1, 0.15) is 11.7 Å². The number of hydrogen-bond acceptors (Lipinski definition) is 5. The molecule has 1 saturated heterocycles. The second-order valence-corrected chi connectivity index (χ2v) is 8.89. The molecule has 172 valence electrons. The smallest absolute Gasteiger partial charge is 0.410 e. The quantitative estimate of drug-likeness (QED) is 0.606. The van der Waals surface area contributed by atoms with Crippen LogP contribution in [-0.4, -0.2) is 52.4 Å². The molecule has 1 aliphatic heterocycles. The molecule has 0 radical (unpaired) electrons. The topological polar surface area (TPSA) is 96.5 Å². The second kappa shape index (κ2) is 9.46. The predicted octanol–water partition coefficient (Wildman–Crippen LogP) is 4.64. The Morgan fingerprint density at radius 3 is 2.55 bits per heavy atom. The summed E-state index contributed by atoms with van der Waals surface area (Å²) in [6.45, 7) is 6.89. The number of ether oxygens (including phenoxy) is 2. The van der Waals surface area contributed by atoms with Crippen molar-refractivity contribution in [1.82, 2.24) is 15.1 Å². The molecule has 0 spiro atoms. The summed E-state index contributed by atoms with van der Waals surface area (Å²) in [5.74, 6) is -0.300. The van der Waals surface area contributed by atoms with Crippen LogP contribution < -0.4 is 5.32 Å². The average Bonchev–Trinajstić information content (AvgIpc) is 3.30. The summed E-state index contributed by atoms with van der Waals surface area (Å²) in [7, 11) is 0. The van der Waals surface area contributed by atoms with Crippen molar-refractivity contribution in [2.24, 2.45) is 0 Å². The molecule has 2 aromatic carbocycles. The van der Waals surface area contributed by atoms with E-state index in [0.717, 1.165) is 16.8 Å². The van der Waals surface area contributed by atoms with Crippen LogP contribution in [0, 0.1) is 0 Å². The number of H-pyrrole nitrogens is 1. The first kappa shape index (κ1) is 22.5. The van der Waals surface area contributed by atoms with Gasteiger partial charge in [0.25, 0.3) is 5.91 Å². The minimum Gasteiger partial charge on any atom is -0.444 e. The standard InChI is InChI=1S/C25H28N4O4/c1-25(2,3)33-24(31)29-13-14-32-22(16-29)18-9-11-19(12-10-18)26-23(30)21-15-20(27-28-21)17-7-5-4-6-8-17/h4-12,15,22H,13-14,16H2,1-3H3,(H,26,30)(H,27,28)/t22-/m1/s1. The Balaban J connectivity index is 1.37. The molecule has 2 heterocycles. The van der Waals surface area contributed by atoms with Gasteiger partial charge in [0.15, 0.2) is 5.69 Å². The van der Waals surface area contributed by atoms with Gasteiger partial charge >= 0.3 is 6.09 Å². The Morgan fingerprint density at radius 2 is 1.85 bits per heavy atom. The van der Waals surface area contributed by atoms with E-state index in [1.807, 2.05) is 75.4 Å². The Hall–Kier alpha value is -3.65. The van der Waals surface area contributed by atoms with E-state index in [1.54, 1.807) is 11.0 Å². The zero-order valence-electron chi connectivity index (χ0n) is 19.0. The van der Waals surface area contributed by atoms with Gasteiger partial charge in [-0.05, 0) is 50.1 Å². The maximum Gasteiger partial charge on any atom is 0.410 e. The van der Waals surface area contributed by atoms with Crippen LogP contribution in [0.15, 0.2) is 60.7 Å². The minimum atomic E-state index is -0.541. The van der Waals surface area contributed by atoms with Gasteiger partial charge in [-0.15, -0.1) is 0 Å². The van der Waals surface area contributed by atoms with E-state index in [4.69, 9.17) is 9.47 Å². The van der Waals surface area contributed by atoms with E-state index in [9.17, 15) is 9.59 Å². The number of aromatic amines is 1. The van der Waals surface area contributed by atoms with E-state index in [2.05, 4.69) is 15.5 Å². The molecule has 1 fully saturated rings. The van der Waals surface area contributed by atoms with Gasteiger partial charge in [-0.1, -0.05) is 42.5 Å². The van der Waals surface area contributed by atoms with Gasteiger partial charge in [0.05, 0.1) is 18.8 Å². The van der Waals surface area contributed by atoms with Gasteiger partial charge in [0.2, 0.25) is 0 Å². The molecule has 2 N–H and O–H groups in total. The fraction of sp³-hybridized carbons (Fsp3) is 0.320. The summed E-state index contributed by atoms with van der Waals surface area (Å²) in [5, 5.41) is 9.88. The number of rotatable bonds is 4. The number of amides is 2. The number of morpholine rings is 1. The van der Waals surface area contributed by atoms with Crippen LogP contribution in [0.4, 0.5) is 10.5 Å². The molecule has 1 aromatic heterocycles. The average molecular weight is 449 g/mol. The minimum absolute atomic E-state index is 0.254. The summed E-state index contributed by atoms with van der Waals surface area (Å²) < 4.78 is 11.3. The third-order valence-corrected chi connectivity index (χ3v) is 5.15. The highest BCUT2D eigenvalue weighted by Gasteiger charge is 2.29. The highest BCUT2D eigenvalue weighted by atomic mass is 16.6. The number of benzene rings is 2. The fourth-order valence-corrected chi connectivity index (χ4v) is 3.52. The summed E-state index contributed by atoms with van der Waals surface area (Å²) in [6, 6.07) is 18.8. The molecule has 33 heavy (non-hydrogen) atoms. The monoisotopic (exact) mass is 448 g/mol. The lowest BCUT2D eigenvalue weighted by Crippen LogP contribution is -2.44. The lowest BCUT2D eigenvalue weighted by Gasteiger charge is -2.34. The molecule has 0 unspecified atom stereocenters. The molecular weight excluding hydrogens is 420 g/mol. The zero-order chi connectivity index (χ0) is 23.4. The number of nitrogens with one attached hydrogen (secondary N) is 2. The van der Waals surface area contributed by atoms with Crippen molar-refractivity contribution in [3.63, 3.8) is 0 Å². The molecule has 1 atom stereocenters. The largest absolute Gasteiger partial charge is 0.444 e. The van der Waals surface area contributed by atoms with Crippen molar-refractivity contribution in [2.75, 3.05) is 25.0 Å². The number of hydrogen-bond donors (Lipinski definition) is 2. The Bertz CT molecular complexity index is 1100. The molecule has 1 aliphatic rings. The van der Waals surface area contributed by atoms with Crippen molar-refractivity contribution in [3.05, 3.63) is 71.9 Å². The van der Waals surface area contributed by atoms with E-state index >= 15 is 0 Å². The molecule has 8 nitrogen and oxygen atoms in total. The predicted molar refractivity (Wildman–Crippen MR) is 125 cm³/mol. The van der Waals surface area contributed by atoms with E-state index in [0.29, 0.717) is 31.1 Å². The lowest BCUT2D eigenvalue weighted by molar-refractivity contribution is -0.0432. The van der Waals surface area contributed by atoms with Crippen molar-refractivity contribution < 1.29 is 19.1 Å². The second-order valence-electron chi connectivity index (χ2n) is 8.89. The highest BCUT2D eigenvalue weighted by Crippen LogP contribution is 2.25. The molecule has 0 bridgehead atoms. The van der Waals surface area contributed by atoms with Crippen LogP contribution in [0.1, 0.15) is 42.9 Å². The molecule has 8 heteroatoms. The van der Waals surface area contributed by atoms with Crippen molar-refractivity contribution in [2.45, 2.75) is 32.5 Å². The number of nitrogens with zero attached hydrogens (tertiary/aromatic N) is 2.